The van der Waals surface area contributed by atoms with Gasteiger partial charge in [-0.1, -0.05) is 25.5 Å². The molecule has 2 aliphatic rings. The lowest BCUT2D eigenvalue weighted by atomic mass is 10.0. The number of amides is 1. The SMILES string of the molecule is CCCC(C1CC1)N(C(=O)c1cccc(CO[N+](=O)[O-])c1)C1=NCCO1. The Hall–Kier alpha value is -2.64. The Morgan fingerprint density at radius 1 is 1.50 bits per heavy atom. The lowest BCUT2D eigenvalue weighted by Crippen LogP contribution is -2.46. The standard InChI is InChI=1S/C18H23N3O5/c1-2-4-16(14-7-8-14)20(18-19-9-10-25-18)17(22)15-6-3-5-13(11-15)12-26-21(23)24/h3,5-6,11,14,16H,2,4,7-10,12H2,1H3. The number of carbonyl (C=O) groups is 1. The summed E-state index contributed by atoms with van der Waals surface area (Å²) >= 11 is 0. The molecule has 140 valence electrons. The van der Waals surface area contributed by atoms with Gasteiger partial charge in [-0.2, -0.15) is 0 Å². The first-order chi connectivity index (χ1) is 12.6. The minimum atomic E-state index is -0.841. The van der Waals surface area contributed by atoms with Crippen LogP contribution in [0.1, 0.15) is 48.5 Å². The van der Waals surface area contributed by atoms with E-state index in [1.165, 1.54) is 0 Å². The Morgan fingerprint density at radius 3 is 2.92 bits per heavy atom. The number of rotatable bonds is 8. The van der Waals surface area contributed by atoms with Crippen molar-refractivity contribution in [2.75, 3.05) is 13.2 Å². The number of carbonyl (C=O) groups excluding carboxylic acids is 1. The van der Waals surface area contributed by atoms with E-state index in [4.69, 9.17) is 4.74 Å². The van der Waals surface area contributed by atoms with Gasteiger partial charge in [0.2, 0.25) is 0 Å². The van der Waals surface area contributed by atoms with Gasteiger partial charge < -0.3 is 9.57 Å². The third-order valence-electron chi connectivity index (χ3n) is 4.59. The van der Waals surface area contributed by atoms with Crippen LogP contribution in [0.4, 0.5) is 0 Å². The van der Waals surface area contributed by atoms with Crippen molar-refractivity contribution in [2.24, 2.45) is 10.9 Å². The highest BCUT2D eigenvalue weighted by molar-refractivity contribution is 6.04. The van der Waals surface area contributed by atoms with Crippen LogP contribution in [0.5, 0.6) is 0 Å². The molecular weight excluding hydrogens is 338 g/mol. The van der Waals surface area contributed by atoms with E-state index < -0.39 is 5.09 Å². The molecule has 0 aromatic heterocycles. The van der Waals surface area contributed by atoms with Crippen molar-refractivity contribution >= 4 is 11.9 Å². The molecule has 8 nitrogen and oxygen atoms in total. The zero-order valence-electron chi connectivity index (χ0n) is 14.8. The van der Waals surface area contributed by atoms with Crippen molar-refractivity contribution in [3.8, 4) is 0 Å². The van der Waals surface area contributed by atoms with Gasteiger partial charge in [0.1, 0.15) is 13.2 Å². The van der Waals surface area contributed by atoms with Gasteiger partial charge in [-0.3, -0.25) is 9.69 Å². The van der Waals surface area contributed by atoms with E-state index in [1.807, 2.05) is 0 Å². The van der Waals surface area contributed by atoms with E-state index >= 15 is 0 Å². The number of benzene rings is 1. The molecule has 0 bridgehead atoms. The summed E-state index contributed by atoms with van der Waals surface area (Å²) in [6.45, 7) is 2.95. The molecule has 1 unspecified atom stereocenters. The summed E-state index contributed by atoms with van der Waals surface area (Å²) in [5.74, 6) is 0.297. The van der Waals surface area contributed by atoms with Gasteiger partial charge in [0.15, 0.2) is 0 Å². The van der Waals surface area contributed by atoms with Crippen LogP contribution in [0.2, 0.25) is 0 Å². The maximum absolute atomic E-state index is 13.3. The molecule has 0 radical (unpaired) electrons. The first-order valence-electron chi connectivity index (χ1n) is 8.97. The molecule has 3 rings (SSSR count). The van der Waals surface area contributed by atoms with E-state index in [2.05, 4.69) is 16.8 Å². The van der Waals surface area contributed by atoms with Gasteiger partial charge >= 0.3 is 0 Å². The third-order valence-corrected chi connectivity index (χ3v) is 4.59. The zero-order valence-corrected chi connectivity index (χ0v) is 14.8. The minimum Gasteiger partial charge on any atom is -0.463 e. The molecule has 0 spiro atoms. The zero-order chi connectivity index (χ0) is 18.5. The van der Waals surface area contributed by atoms with Crippen molar-refractivity contribution in [1.29, 1.82) is 0 Å². The Morgan fingerprint density at radius 2 is 2.31 bits per heavy atom. The van der Waals surface area contributed by atoms with Crippen LogP contribution in [0.15, 0.2) is 29.3 Å². The molecule has 1 heterocycles. The third kappa shape index (κ3) is 4.30. The second kappa shape index (κ2) is 8.16. The van der Waals surface area contributed by atoms with Gasteiger partial charge in [-0.15, -0.1) is 10.1 Å². The molecule has 26 heavy (non-hydrogen) atoms. The van der Waals surface area contributed by atoms with Crippen LogP contribution in [-0.4, -0.2) is 41.1 Å². The van der Waals surface area contributed by atoms with Crippen LogP contribution in [0, 0.1) is 16.0 Å². The van der Waals surface area contributed by atoms with Gasteiger partial charge in [0.25, 0.3) is 17.0 Å². The molecule has 0 N–H and O–H groups in total. The van der Waals surface area contributed by atoms with Crippen LogP contribution >= 0.6 is 0 Å². The summed E-state index contributed by atoms with van der Waals surface area (Å²) < 4.78 is 5.61. The number of ether oxygens (including phenoxy) is 1. The summed E-state index contributed by atoms with van der Waals surface area (Å²) in [5, 5.41) is 9.55. The smallest absolute Gasteiger partial charge is 0.294 e. The van der Waals surface area contributed by atoms with Gasteiger partial charge in [-0.25, -0.2) is 4.99 Å². The van der Waals surface area contributed by atoms with Crippen molar-refractivity contribution in [1.82, 2.24) is 4.90 Å². The van der Waals surface area contributed by atoms with Crippen molar-refractivity contribution in [3.63, 3.8) is 0 Å². The Labute approximate surface area is 151 Å². The van der Waals surface area contributed by atoms with E-state index in [-0.39, 0.29) is 18.6 Å². The molecule has 1 aromatic rings. The summed E-state index contributed by atoms with van der Waals surface area (Å²) in [4.78, 5) is 34.1. The highest BCUT2D eigenvalue weighted by Gasteiger charge is 2.40. The van der Waals surface area contributed by atoms with Crippen LogP contribution < -0.4 is 0 Å². The van der Waals surface area contributed by atoms with Gasteiger partial charge in [0, 0.05) is 11.6 Å². The number of nitrogens with zero attached hydrogens (tertiary/aromatic N) is 3. The topological polar surface area (TPSA) is 94.3 Å². The van der Waals surface area contributed by atoms with Crippen molar-refractivity contribution < 1.29 is 19.5 Å². The average Bonchev–Trinajstić information content (AvgIpc) is 3.35. The number of amidine groups is 1. The quantitative estimate of drug-likeness (QED) is 0.524. The Kier molecular flexibility index (Phi) is 5.70. The Balaban J connectivity index is 1.85. The predicted octanol–water partition coefficient (Wildman–Crippen LogP) is 2.80. The number of hydrogen-bond acceptors (Lipinski definition) is 6. The maximum atomic E-state index is 13.3. The fourth-order valence-electron chi connectivity index (χ4n) is 3.26. The van der Waals surface area contributed by atoms with Gasteiger partial charge in [-0.05, 0) is 42.9 Å². The first kappa shape index (κ1) is 18.2. The molecule has 1 aromatic carbocycles. The highest BCUT2D eigenvalue weighted by Crippen LogP contribution is 2.38. The molecular formula is C18H23N3O5. The molecule has 1 saturated carbocycles. The van der Waals surface area contributed by atoms with Crippen molar-refractivity contribution in [2.45, 2.75) is 45.3 Å². The second-order valence-corrected chi connectivity index (χ2v) is 6.58. The molecule has 1 amide bonds. The molecule has 1 aliphatic carbocycles. The first-order valence-corrected chi connectivity index (χ1v) is 8.97. The summed E-state index contributed by atoms with van der Waals surface area (Å²) in [6.07, 6.45) is 4.08. The van der Waals surface area contributed by atoms with Crippen LogP contribution in [0.3, 0.4) is 0 Å². The Bertz CT molecular complexity index is 702. The summed E-state index contributed by atoms with van der Waals surface area (Å²) in [5.41, 5.74) is 1.02. The van der Waals surface area contributed by atoms with E-state index in [0.717, 1.165) is 25.7 Å². The molecule has 0 saturated heterocycles. The largest absolute Gasteiger partial charge is 0.463 e. The molecule has 1 fully saturated rings. The fraction of sp³-hybridized carbons (Fsp3) is 0.556. The summed E-state index contributed by atoms with van der Waals surface area (Å²) in [6, 6.07) is 7.20. The number of aliphatic imine (C=N–C) groups is 1. The van der Waals surface area contributed by atoms with E-state index in [1.54, 1.807) is 29.2 Å². The summed E-state index contributed by atoms with van der Waals surface area (Å²) in [7, 11) is 0. The predicted molar refractivity (Wildman–Crippen MR) is 94.1 cm³/mol. The molecule has 8 heteroatoms. The molecule has 1 atom stereocenters. The maximum Gasteiger partial charge on any atom is 0.294 e. The van der Waals surface area contributed by atoms with Crippen molar-refractivity contribution in [3.05, 3.63) is 45.5 Å². The van der Waals surface area contributed by atoms with E-state index in [9.17, 15) is 14.9 Å². The van der Waals surface area contributed by atoms with Gasteiger partial charge in [0.05, 0.1) is 6.54 Å². The fourth-order valence-corrected chi connectivity index (χ4v) is 3.26. The lowest BCUT2D eigenvalue weighted by molar-refractivity contribution is -0.763. The second-order valence-electron chi connectivity index (χ2n) is 6.58. The highest BCUT2D eigenvalue weighted by atomic mass is 16.9. The minimum absolute atomic E-state index is 0.0723. The lowest BCUT2D eigenvalue weighted by Gasteiger charge is -2.30. The normalized spacial score (nSPS) is 17.2. The van der Waals surface area contributed by atoms with Crippen LogP contribution in [0.25, 0.3) is 0 Å². The average molecular weight is 361 g/mol. The van der Waals surface area contributed by atoms with E-state index in [0.29, 0.717) is 36.2 Å². The molecule has 1 aliphatic heterocycles. The number of hydrogen-bond donors (Lipinski definition) is 0. The monoisotopic (exact) mass is 361 g/mol. The van der Waals surface area contributed by atoms with Crippen LogP contribution in [-0.2, 0) is 16.2 Å².